The lowest BCUT2D eigenvalue weighted by molar-refractivity contribution is 0.177. The van der Waals surface area contributed by atoms with Gasteiger partial charge in [-0.25, -0.2) is 0 Å². The number of nitrogens with two attached hydrogens (primary N) is 1. The third-order valence-electron chi connectivity index (χ3n) is 3.82. The first-order chi connectivity index (χ1) is 9.19. The summed E-state index contributed by atoms with van der Waals surface area (Å²) in [6.45, 7) is 12.4. The number of aryl methyl sites for hydroxylation is 2. The highest BCUT2D eigenvalue weighted by molar-refractivity contribution is 5.10. The Hall–Kier alpha value is -0.870. The first kappa shape index (κ1) is 16.2. The van der Waals surface area contributed by atoms with Crippen molar-refractivity contribution in [2.75, 3.05) is 13.1 Å². The third kappa shape index (κ3) is 4.32. The molecule has 0 aliphatic rings. The van der Waals surface area contributed by atoms with E-state index >= 15 is 0 Å². The number of rotatable bonds is 9. The van der Waals surface area contributed by atoms with E-state index in [1.807, 2.05) is 0 Å². The Morgan fingerprint density at radius 3 is 2.42 bits per heavy atom. The molecule has 0 atom stereocenters. The SMILES string of the molecule is CCc1cc(CN(CCN)C(CC)CC)n(CC)n1. The van der Waals surface area contributed by atoms with E-state index in [4.69, 9.17) is 5.73 Å². The van der Waals surface area contributed by atoms with E-state index < -0.39 is 0 Å². The van der Waals surface area contributed by atoms with Crippen molar-refractivity contribution < 1.29 is 0 Å². The van der Waals surface area contributed by atoms with Gasteiger partial charge in [0.05, 0.1) is 11.4 Å². The molecule has 0 saturated heterocycles. The maximum absolute atomic E-state index is 5.77. The number of nitrogens with zero attached hydrogens (tertiary/aromatic N) is 3. The fourth-order valence-electron chi connectivity index (χ4n) is 2.66. The molecule has 0 fully saturated rings. The molecule has 0 aliphatic carbocycles. The standard InChI is InChI=1S/C15H30N4/c1-5-13-11-15(19(8-4)17-13)12-18(10-9-16)14(6-2)7-3/h11,14H,5-10,12,16H2,1-4H3. The van der Waals surface area contributed by atoms with Gasteiger partial charge in [0.1, 0.15) is 0 Å². The normalized spacial score (nSPS) is 11.7. The summed E-state index contributed by atoms with van der Waals surface area (Å²) >= 11 is 0. The van der Waals surface area contributed by atoms with Gasteiger partial charge in [-0.05, 0) is 32.3 Å². The van der Waals surface area contributed by atoms with E-state index in [0.717, 1.165) is 32.6 Å². The minimum absolute atomic E-state index is 0.619. The zero-order valence-electron chi connectivity index (χ0n) is 13.0. The van der Waals surface area contributed by atoms with Crippen LogP contribution in [0.15, 0.2) is 6.07 Å². The van der Waals surface area contributed by atoms with Crippen LogP contribution in [-0.4, -0.2) is 33.8 Å². The predicted molar refractivity (Wildman–Crippen MR) is 81.1 cm³/mol. The van der Waals surface area contributed by atoms with Gasteiger partial charge in [0.15, 0.2) is 0 Å². The van der Waals surface area contributed by atoms with Crippen molar-refractivity contribution in [3.63, 3.8) is 0 Å². The molecule has 1 heterocycles. The van der Waals surface area contributed by atoms with Crippen LogP contribution in [0.4, 0.5) is 0 Å². The van der Waals surface area contributed by atoms with Crippen LogP contribution in [0.3, 0.4) is 0 Å². The molecule has 0 spiro atoms. The minimum Gasteiger partial charge on any atom is -0.329 e. The van der Waals surface area contributed by atoms with Crippen molar-refractivity contribution in [3.8, 4) is 0 Å². The van der Waals surface area contributed by atoms with E-state index in [0.29, 0.717) is 6.04 Å². The van der Waals surface area contributed by atoms with Crippen molar-refractivity contribution in [3.05, 3.63) is 17.5 Å². The molecule has 4 nitrogen and oxygen atoms in total. The summed E-state index contributed by atoms with van der Waals surface area (Å²) < 4.78 is 2.13. The summed E-state index contributed by atoms with van der Waals surface area (Å²) in [5.74, 6) is 0. The fourth-order valence-corrected chi connectivity index (χ4v) is 2.66. The summed E-state index contributed by atoms with van der Waals surface area (Å²) in [7, 11) is 0. The lowest BCUT2D eigenvalue weighted by atomic mass is 10.1. The first-order valence-corrected chi connectivity index (χ1v) is 7.69. The summed E-state index contributed by atoms with van der Waals surface area (Å²) in [5.41, 5.74) is 8.28. The molecule has 4 heteroatoms. The molecule has 2 N–H and O–H groups in total. The van der Waals surface area contributed by atoms with Crippen LogP contribution in [0.25, 0.3) is 0 Å². The summed E-state index contributed by atoms with van der Waals surface area (Å²) in [6.07, 6.45) is 3.36. The Kier molecular flexibility index (Phi) is 7.10. The predicted octanol–water partition coefficient (Wildman–Crippen LogP) is 2.41. The third-order valence-corrected chi connectivity index (χ3v) is 3.82. The molecule has 0 amide bonds. The molecule has 0 unspecified atom stereocenters. The lowest BCUT2D eigenvalue weighted by Gasteiger charge is -2.30. The maximum Gasteiger partial charge on any atom is 0.0625 e. The molecule has 1 aromatic heterocycles. The highest BCUT2D eigenvalue weighted by atomic mass is 15.3. The second-order valence-corrected chi connectivity index (χ2v) is 5.03. The smallest absolute Gasteiger partial charge is 0.0625 e. The van der Waals surface area contributed by atoms with Crippen molar-refractivity contribution in [2.45, 2.75) is 66.1 Å². The van der Waals surface area contributed by atoms with Crippen molar-refractivity contribution in [1.29, 1.82) is 0 Å². The molecule has 1 rings (SSSR count). The molecule has 0 saturated carbocycles. The van der Waals surface area contributed by atoms with Gasteiger partial charge in [-0.3, -0.25) is 9.58 Å². The van der Waals surface area contributed by atoms with Gasteiger partial charge in [0, 0.05) is 32.2 Å². The minimum atomic E-state index is 0.619. The Bertz CT molecular complexity index is 355. The quantitative estimate of drug-likeness (QED) is 0.746. The molecule has 19 heavy (non-hydrogen) atoms. The first-order valence-electron chi connectivity index (χ1n) is 7.69. The monoisotopic (exact) mass is 266 g/mol. The van der Waals surface area contributed by atoms with E-state index in [1.54, 1.807) is 0 Å². The molecule has 0 aliphatic heterocycles. The van der Waals surface area contributed by atoms with Crippen LogP contribution < -0.4 is 5.73 Å². The average molecular weight is 266 g/mol. The second kappa shape index (κ2) is 8.33. The van der Waals surface area contributed by atoms with Crippen molar-refractivity contribution in [2.24, 2.45) is 5.73 Å². The van der Waals surface area contributed by atoms with E-state index in [2.05, 4.69) is 48.4 Å². The Balaban J connectivity index is 2.85. The van der Waals surface area contributed by atoms with Crippen molar-refractivity contribution in [1.82, 2.24) is 14.7 Å². The Morgan fingerprint density at radius 1 is 1.26 bits per heavy atom. The van der Waals surface area contributed by atoms with Gasteiger partial charge >= 0.3 is 0 Å². The average Bonchev–Trinajstić information content (AvgIpc) is 2.82. The molecule has 0 bridgehead atoms. The fraction of sp³-hybridized carbons (Fsp3) is 0.800. The topological polar surface area (TPSA) is 47.1 Å². The van der Waals surface area contributed by atoms with E-state index in [-0.39, 0.29) is 0 Å². The van der Waals surface area contributed by atoms with Crippen molar-refractivity contribution >= 4 is 0 Å². The van der Waals surface area contributed by atoms with Crippen LogP contribution in [0.1, 0.15) is 51.9 Å². The molecule has 0 radical (unpaired) electrons. The van der Waals surface area contributed by atoms with Gasteiger partial charge < -0.3 is 5.73 Å². The molecular formula is C15H30N4. The largest absolute Gasteiger partial charge is 0.329 e. The van der Waals surface area contributed by atoms with E-state index in [9.17, 15) is 0 Å². The zero-order valence-corrected chi connectivity index (χ0v) is 13.0. The van der Waals surface area contributed by atoms with Crippen LogP contribution in [0.2, 0.25) is 0 Å². The van der Waals surface area contributed by atoms with Gasteiger partial charge in [0.2, 0.25) is 0 Å². The summed E-state index contributed by atoms with van der Waals surface area (Å²) in [5, 5.41) is 4.63. The highest BCUT2D eigenvalue weighted by Crippen LogP contribution is 2.14. The van der Waals surface area contributed by atoms with Gasteiger partial charge in [-0.1, -0.05) is 20.8 Å². The van der Waals surface area contributed by atoms with Gasteiger partial charge in [-0.15, -0.1) is 0 Å². The molecular weight excluding hydrogens is 236 g/mol. The second-order valence-electron chi connectivity index (χ2n) is 5.03. The lowest BCUT2D eigenvalue weighted by Crippen LogP contribution is -2.38. The van der Waals surface area contributed by atoms with Crippen LogP contribution >= 0.6 is 0 Å². The molecule has 1 aromatic rings. The van der Waals surface area contributed by atoms with Crippen LogP contribution in [0, 0.1) is 0 Å². The maximum atomic E-state index is 5.77. The zero-order chi connectivity index (χ0) is 14.3. The number of aromatic nitrogens is 2. The number of hydrogen-bond donors (Lipinski definition) is 1. The van der Waals surface area contributed by atoms with Gasteiger partial charge in [0.25, 0.3) is 0 Å². The van der Waals surface area contributed by atoms with Crippen LogP contribution in [0.5, 0.6) is 0 Å². The Morgan fingerprint density at radius 2 is 1.95 bits per heavy atom. The number of hydrogen-bond acceptors (Lipinski definition) is 3. The van der Waals surface area contributed by atoms with E-state index in [1.165, 1.54) is 24.2 Å². The summed E-state index contributed by atoms with van der Waals surface area (Å²) in [6, 6.07) is 2.86. The molecule has 110 valence electrons. The molecule has 0 aromatic carbocycles. The van der Waals surface area contributed by atoms with Crippen LogP contribution in [-0.2, 0) is 19.5 Å². The highest BCUT2D eigenvalue weighted by Gasteiger charge is 2.17. The Labute approximate surface area is 118 Å². The summed E-state index contributed by atoms with van der Waals surface area (Å²) in [4.78, 5) is 2.50. The van der Waals surface area contributed by atoms with Gasteiger partial charge in [-0.2, -0.15) is 5.10 Å².